The molecule has 0 spiro atoms. The molecule has 1 fully saturated rings. The maximum absolute atomic E-state index is 4.35. The van der Waals surface area contributed by atoms with Gasteiger partial charge in [-0.3, -0.25) is 0 Å². The topological polar surface area (TPSA) is 68.5 Å². The van der Waals surface area contributed by atoms with Crippen molar-refractivity contribution in [1.29, 1.82) is 0 Å². The highest BCUT2D eigenvalue weighted by Crippen LogP contribution is 2.30. The van der Waals surface area contributed by atoms with E-state index in [2.05, 4.69) is 31.9 Å². The molecule has 0 unspecified atom stereocenters. The molecule has 1 aliphatic carbocycles. The lowest BCUT2D eigenvalue weighted by Crippen LogP contribution is -2.17. The Hall–Kier alpha value is -1.50. The third-order valence-corrected chi connectivity index (χ3v) is 3.92. The summed E-state index contributed by atoms with van der Waals surface area (Å²) in [6.07, 6.45) is 6.66. The van der Waals surface area contributed by atoms with E-state index < -0.39 is 0 Å². The number of aryl methyl sites for hydroxylation is 1. The maximum Gasteiger partial charge on any atom is 0.202 e. The molecule has 1 N–H and O–H groups in total. The Morgan fingerprint density at radius 3 is 3.06 bits per heavy atom. The predicted octanol–water partition coefficient (Wildman–Crippen LogP) is 2.03. The number of hydrogen-bond acceptors (Lipinski definition) is 6. The molecule has 96 valence electrons. The monoisotopic (exact) mass is 264 g/mol. The molecule has 0 saturated heterocycles. The molecule has 1 aliphatic rings. The Balaban J connectivity index is 1.57. The molecule has 18 heavy (non-hydrogen) atoms. The zero-order valence-electron chi connectivity index (χ0n) is 10.3. The van der Waals surface area contributed by atoms with E-state index >= 15 is 0 Å². The van der Waals surface area contributed by atoms with E-state index in [1.54, 1.807) is 0 Å². The van der Waals surface area contributed by atoms with Crippen LogP contribution in [0.25, 0.3) is 0 Å². The van der Waals surface area contributed by atoms with Gasteiger partial charge in [-0.1, -0.05) is 12.1 Å². The molecule has 0 bridgehead atoms. The Labute approximate surface area is 110 Å². The summed E-state index contributed by atoms with van der Waals surface area (Å²) in [5.41, 5.74) is 0.954. The van der Waals surface area contributed by atoms with Gasteiger partial charge in [0, 0.05) is 18.0 Å². The van der Waals surface area contributed by atoms with E-state index in [1.165, 1.54) is 30.8 Å². The molecule has 6 nitrogen and oxygen atoms in total. The lowest BCUT2D eigenvalue weighted by Gasteiger charge is -2.24. The minimum absolute atomic E-state index is 0.569. The first kappa shape index (κ1) is 11.6. The van der Waals surface area contributed by atoms with Gasteiger partial charge in [-0.05, 0) is 19.3 Å². The SMILES string of the molecule is CCc1nsc(NCc2cn(C3CCC3)nn2)n1. The van der Waals surface area contributed by atoms with Crippen molar-refractivity contribution in [3.63, 3.8) is 0 Å². The largest absolute Gasteiger partial charge is 0.354 e. The summed E-state index contributed by atoms with van der Waals surface area (Å²) < 4.78 is 6.21. The van der Waals surface area contributed by atoms with E-state index in [4.69, 9.17) is 0 Å². The van der Waals surface area contributed by atoms with Gasteiger partial charge >= 0.3 is 0 Å². The first-order chi connectivity index (χ1) is 8.85. The van der Waals surface area contributed by atoms with Gasteiger partial charge in [0.05, 0.1) is 18.8 Å². The zero-order valence-corrected chi connectivity index (χ0v) is 11.2. The standard InChI is InChI=1S/C11H16N6S/c1-2-10-13-11(18-15-10)12-6-8-7-17(16-14-8)9-4-3-5-9/h7,9H,2-6H2,1H3,(H,12,13,15). The molecule has 0 atom stereocenters. The van der Waals surface area contributed by atoms with Crippen LogP contribution in [-0.2, 0) is 13.0 Å². The van der Waals surface area contributed by atoms with Gasteiger partial charge < -0.3 is 5.32 Å². The van der Waals surface area contributed by atoms with Crippen molar-refractivity contribution in [2.75, 3.05) is 5.32 Å². The third-order valence-electron chi connectivity index (χ3n) is 3.21. The van der Waals surface area contributed by atoms with Crippen LogP contribution in [0.5, 0.6) is 0 Å². The highest BCUT2D eigenvalue weighted by molar-refractivity contribution is 7.09. The van der Waals surface area contributed by atoms with Crippen LogP contribution in [0.15, 0.2) is 6.20 Å². The number of aromatic nitrogens is 5. The normalized spacial score (nSPS) is 15.6. The van der Waals surface area contributed by atoms with Crippen molar-refractivity contribution in [1.82, 2.24) is 24.4 Å². The summed E-state index contributed by atoms with van der Waals surface area (Å²) in [4.78, 5) is 4.35. The van der Waals surface area contributed by atoms with Crippen LogP contribution in [0.4, 0.5) is 5.13 Å². The molecule has 2 aromatic heterocycles. The Morgan fingerprint density at radius 2 is 2.39 bits per heavy atom. The van der Waals surface area contributed by atoms with Gasteiger partial charge in [-0.2, -0.15) is 4.37 Å². The molecule has 7 heteroatoms. The van der Waals surface area contributed by atoms with Crippen molar-refractivity contribution in [2.45, 2.75) is 45.2 Å². The van der Waals surface area contributed by atoms with Crippen molar-refractivity contribution in [3.05, 3.63) is 17.7 Å². The van der Waals surface area contributed by atoms with Gasteiger partial charge in [-0.15, -0.1) is 5.10 Å². The molecular formula is C11H16N6S. The molecule has 3 rings (SSSR count). The van der Waals surface area contributed by atoms with Crippen molar-refractivity contribution in [2.24, 2.45) is 0 Å². The number of anilines is 1. The van der Waals surface area contributed by atoms with Gasteiger partial charge in [0.1, 0.15) is 11.5 Å². The highest BCUT2D eigenvalue weighted by Gasteiger charge is 2.20. The molecule has 1 saturated carbocycles. The minimum atomic E-state index is 0.569. The first-order valence-electron chi connectivity index (χ1n) is 6.32. The molecule has 0 radical (unpaired) electrons. The Kier molecular flexibility index (Phi) is 3.22. The highest BCUT2D eigenvalue weighted by atomic mass is 32.1. The second kappa shape index (κ2) is 5.01. The quantitative estimate of drug-likeness (QED) is 0.895. The molecule has 2 heterocycles. The van der Waals surface area contributed by atoms with Gasteiger partial charge in [-0.25, -0.2) is 9.67 Å². The van der Waals surface area contributed by atoms with Crippen LogP contribution in [0.2, 0.25) is 0 Å². The molecular weight excluding hydrogens is 248 g/mol. The van der Waals surface area contributed by atoms with Gasteiger partial charge in [0.2, 0.25) is 5.13 Å². The van der Waals surface area contributed by atoms with Gasteiger partial charge in [0.25, 0.3) is 0 Å². The van der Waals surface area contributed by atoms with Crippen LogP contribution >= 0.6 is 11.5 Å². The summed E-state index contributed by atoms with van der Waals surface area (Å²) >= 11 is 1.39. The fourth-order valence-electron chi connectivity index (χ4n) is 1.86. The second-order valence-corrected chi connectivity index (χ2v) is 5.25. The molecule has 0 aliphatic heterocycles. The molecule has 2 aromatic rings. The average molecular weight is 264 g/mol. The molecule has 0 aromatic carbocycles. The van der Waals surface area contributed by atoms with Crippen LogP contribution < -0.4 is 5.32 Å². The van der Waals surface area contributed by atoms with Crippen LogP contribution in [-0.4, -0.2) is 24.4 Å². The van der Waals surface area contributed by atoms with Crippen molar-refractivity contribution >= 4 is 16.7 Å². The van der Waals surface area contributed by atoms with Crippen molar-refractivity contribution in [3.8, 4) is 0 Å². The summed E-state index contributed by atoms with van der Waals surface area (Å²) in [6, 6.07) is 0.569. The average Bonchev–Trinajstić information content (AvgIpc) is 2.92. The van der Waals surface area contributed by atoms with E-state index in [9.17, 15) is 0 Å². The zero-order chi connectivity index (χ0) is 12.4. The van der Waals surface area contributed by atoms with E-state index in [0.29, 0.717) is 12.6 Å². The smallest absolute Gasteiger partial charge is 0.202 e. The summed E-state index contributed by atoms with van der Waals surface area (Å²) in [7, 11) is 0. The molecule has 0 amide bonds. The fourth-order valence-corrected chi connectivity index (χ4v) is 2.50. The maximum atomic E-state index is 4.35. The predicted molar refractivity (Wildman–Crippen MR) is 69.5 cm³/mol. The van der Waals surface area contributed by atoms with Crippen LogP contribution in [0.1, 0.15) is 43.7 Å². The van der Waals surface area contributed by atoms with E-state index in [0.717, 1.165) is 23.1 Å². The number of hydrogen-bond donors (Lipinski definition) is 1. The Morgan fingerprint density at radius 1 is 1.50 bits per heavy atom. The number of nitrogens with zero attached hydrogens (tertiary/aromatic N) is 5. The van der Waals surface area contributed by atoms with E-state index in [1.807, 2.05) is 10.9 Å². The minimum Gasteiger partial charge on any atom is -0.354 e. The second-order valence-electron chi connectivity index (χ2n) is 4.50. The number of nitrogens with one attached hydrogen (secondary N) is 1. The van der Waals surface area contributed by atoms with Gasteiger partial charge in [0.15, 0.2) is 0 Å². The third kappa shape index (κ3) is 2.35. The lowest BCUT2D eigenvalue weighted by molar-refractivity contribution is 0.284. The Bertz CT molecular complexity index is 515. The lowest BCUT2D eigenvalue weighted by atomic mass is 9.93. The summed E-state index contributed by atoms with van der Waals surface area (Å²) in [5, 5.41) is 12.4. The van der Waals surface area contributed by atoms with E-state index in [-0.39, 0.29) is 0 Å². The number of rotatable bonds is 5. The van der Waals surface area contributed by atoms with Crippen LogP contribution in [0, 0.1) is 0 Å². The van der Waals surface area contributed by atoms with Crippen LogP contribution in [0.3, 0.4) is 0 Å². The summed E-state index contributed by atoms with van der Waals surface area (Å²) in [5.74, 6) is 0.889. The first-order valence-corrected chi connectivity index (χ1v) is 7.09. The van der Waals surface area contributed by atoms with Crippen molar-refractivity contribution < 1.29 is 0 Å². The summed E-state index contributed by atoms with van der Waals surface area (Å²) in [6.45, 7) is 2.71. The fraction of sp³-hybridized carbons (Fsp3) is 0.636.